The van der Waals surface area contributed by atoms with E-state index in [2.05, 4.69) is 36.0 Å². The highest BCUT2D eigenvalue weighted by Gasteiger charge is 2.18. The third kappa shape index (κ3) is 3.99. The van der Waals surface area contributed by atoms with Crippen LogP contribution in [0.3, 0.4) is 0 Å². The second-order valence-electron chi connectivity index (χ2n) is 5.68. The number of hydrogen-bond acceptors (Lipinski definition) is 5. The summed E-state index contributed by atoms with van der Waals surface area (Å²) >= 11 is 1.88. The van der Waals surface area contributed by atoms with Gasteiger partial charge in [-0.25, -0.2) is 4.98 Å². The number of aromatic nitrogens is 1. The second kappa shape index (κ2) is 6.79. The molecule has 5 heteroatoms. The van der Waals surface area contributed by atoms with Crippen molar-refractivity contribution in [2.75, 3.05) is 40.3 Å². The zero-order valence-electron chi connectivity index (χ0n) is 12.6. The zero-order valence-corrected chi connectivity index (χ0v) is 13.4. The highest BCUT2D eigenvalue weighted by molar-refractivity contribution is 7.11. The summed E-state index contributed by atoms with van der Waals surface area (Å²) in [5, 5.41) is 4.53. The normalized spacial score (nSPS) is 18.4. The Morgan fingerprint density at radius 3 is 2.53 bits per heavy atom. The molecule has 19 heavy (non-hydrogen) atoms. The van der Waals surface area contributed by atoms with Crippen molar-refractivity contribution in [1.82, 2.24) is 20.1 Å². The molecule has 4 nitrogen and oxygen atoms in total. The van der Waals surface area contributed by atoms with E-state index in [9.17, 15) is 0 Å². The van der Waals surface area contributed by atoms with Crippen LogP contribution < -0.4 is 5.32 Å². The van der Waals surface area contributed by atoms with Gasteiger partial charge in [-0.1, -0.05) is 13.8 Å². The highest BCUT2D eigenvalue weighted by Crippen LogP contribution is 2.26. The molecule has 1 aromatic heterocycles. The molecule has 0 aliphatic carbocycles. The van der Waals surface area contributed by atoms with E-state index >= 15 is 0 Å². The Labute approximate surface area is 120 Å². The Bertz CT molecular complexity index is 394. The minimum atomic E-state index is 0.515. The van der Waals surface area contributed by atoms with E-state index < -0.39 is 0 Å². The van der Waals surface area contributed by atoms with Crippen molar-refractivity contribution in [2.24, 2.45) is 0 Å². The molecule has 1 aliphatic heterocycles. The van der Waals surface area contributed by atoms with Crippen molar-refractivity contribution in [1.29, 1.82) is 0 Å². The molecule has 1 N–H and O–H groups in total. The van der Waals surface area contributed by atoms with Gasteiger partial charge in [0.05, 0.1) is 12.2 Å². The monoisotopic (exact) mass is 282 g/mol. The fourth-order valence-electron chi connectivity index (χ4n) is 2.42. The Hall–Kier alpha value is -0.490. The van der Waals surface area contributed by atoms with Crippen LogP contribution in [0.5, 0.6) is 0 Å². The lowest BCUT2D eigenvalue weighted by Gasteiger charge is -2.31. The Morgan fingerprint density at radius 2 is 1.95 bits per heavy atom. The summed E-state index contributed by atoms with van der Waals surface area (Å²) in [6, 6.07) is 0. The lowest BCUT2D eigenvalue weighted by molar-refractivity contribution is 0.148. The van der Waals surface area contributed by atoms with Crippen molar-refractivity contribution >= 4 is 11.3 Å². The third-order valence-corrected chi connectivity index (χ3v) is 4.67. The topological polar surface area (TPSA) is 31.4 Å². The van der Waals surface area contributed by atoms with Gasteiger partial charge < -0.3 is 10.2 Å². The van der Waals surface area contributed by atoms with Crippen molar-refractivity contribution in [2.45, 2.75) is 32.9 Å². The van der Waals surface area contributed by atoms with E-state index in [0.29, 0.717) is 5.92 Å². The quantitative estimate of drug-likeness (QED) is 0.891. The number of hydrogen-bond donors (Lipinski definition) is 1. The molecule has 2 heterocycles. The summed E-state index contributed by atoms with van der Waals surface area (Å²) in [7, 11) is 4.20. The number of piperazine rings is 1. The van der Waals surface area contributed by atoms with E-state index in [1.54, 1.807) is 0 Å². The number of rotatable bonds is 5. The SMILES string of the molecule is CNCc1sc(CN2CCN(C)CC2)nc1C(C)C. The first-order valence-electron chi connectivity index (χ1n) is 7.14. The van der Waals surface area contributed by atoms with E-state index in [1.165, 1.54) is 28.7 Å². The fourth-order valence-corrected chi connectivity index (χ4v) is 3.70. The third-order valence-electron chi connectivity index (χ3n) is 3.61. The van der Waals surface area contributed by atoms with Crippen molar-refractivity contribution in [3.63, 3.8) is 0 Å². The molecule has 2 rings (SSSR count). The molecule has 0 unspecified atom stereocenters. The van der Waals surface area contributed by atoms with E-state index in [-0.39, 0.29) is 0 Å². The molecule has 1 aromatic rings. The maximum atomic E-state index is 4.86. The average molecular weight is 282 g/mol. The number of nitrogens with zero attached hydrogens (tertiary/aromatic N) is 3. The Balaban J connectivity index is 2.02. The lowest BCUT2D eigenvalue weighted by Crippen LogP contribution is -2.43. The van der Waals surface area contributed by atoms with Gasteiger partial charge in [-0.3, -0.25) is 4.90 Å². The first-order chi connectivity index (χ1) is 9.10. The first kappa shape index (κ1) is 14.9. The standard InChI is InChI=1S/C14H26N4S/c1-11(2)14-12(9-15-3)19-13(16-14)10-18-7-5-17(4)6-8-18/h11,15H,5-10H2,1-4H3. The molecule has 1 saturated heterocycles. The van der Waals surface area contributed by atoms with Crippen LogP contribution in [-0.4, -0.2) is 55.1 Å². The molecule has 0 radical (unpaired) electrons. The van der Waals surface area contributed by atoms with Crippen LogP contribution >= 0.6 is 11.3 Å². The van der Waals surface area contributed by atoms with Gasteiger partial charge in [-0.15, -0.1) is 11.3 Å². The van der Waals surface area contributed by atoms with Gasteiger partial charge in [0.25, 0.3) is 0 Å². The van der Waals surface area contributed by atoms with Crippen molar-refractivity contribution < 1.29 is 0 Å². The maximum Gasteiger partial charge on any atom is 0.107 e. The summed E-state index contributed by atoms with van der Waals surface area (Å²) in [6.07, 6.45) is 0. The fraction of sp³-hybridized carbons (Fsp3) is 0.786. The zero-order chi connectivity index (χ0) is 13.8. The molecule has 0 aromatic carbocycles. The van der Waals surface area contributed by atoms with Gasteiger partial charge in [0.2, 0.25) is 0 Å². The molecular formula is C14H26N4S. The summed E-state index contributed by atoms with van der Waals surface area (Å²) in [5.41, 5.74) is 1.28. The average Bonchev–Trinajstić information content (AvgIpc) is 2.76. The molecule has 0 spiro atoms. The molecule has 0 saturated carbocycles. The molecule has 0 bridgehead atoms. The minimum absolute atomic E-state index is 0.515. The van der Waals surface area contributed by atoms with E-state index in [0.717, 1.165) is 26.2 Å². The molecular weight excluding hydrogens is 256 g/mol. The van der Waals surface area contributed by atoms with E-state index in [4.69, 9.17) is 4.98 Å². The first-order valence-corrected chi connectivity index (χ1v) is 7.95. The smallest absolute Gasteiger partial charge is 0.107 e. The molecule has 1 aliphatic rings. The largest absolute Gasteiger partial charge is 0.315 e. The number of likely N-dealkylation sites (N-methyl/N-ethyl adjacent to an activating group) is 1. The number of thiazole rings is 1. The molecule has 0 atom stereocenters. The Kier molecular flexibility index (Phi) is 5.33. The highest BCUT2D eigenvalue weighted by atomic mass is 32.1. The van der Waals surface area contributed by atoms with Crippen LogP contribution in [0.1, 0.15) is 35.3 Å². The van der Waals surface area contributed by atoms with Gasteiger partial charge in [-0.05, 0) is 20.0 Å². The van der Waals surface area contributed by atoms with E-state index in [1.807, 2.05) is 18.4 Å². The lowest BCUT2D eigenvalue weighted by atomic mass is 10.1. The van der Waals surface area contributed by atoms with Gasteiger partial charge in [0.1, 0.15) is 5.01 Å². The minimum Gasteiger partial charge on any atom is -0.315 e. The van der Waals surface area contributed by atoms with Crippen molar-refractivity contribution in [3.05, 3.63) is 15.6 Å². The van der Waals surface area contributed by atoms with Crippen LogP contribution in [0.25, 0.3) is 0 Å². The summed E-state index contributed by atoms with van der Waals surface area (Å²) in [5.74, 6) is 0.515. The van der Waals surface area contributed by atoms with Gasteiger partial charge in [-0.2, -0.15) is 0 Å². The van der Waals surface area contributed by atoms with Crippen LogP contribution in [0.15, 0.2) is 0 Å². The predicted molar refractivity (Wildman–Crippen MR) is 81.7 cm³/mol. The Morgan fingerprint density at radius 1 is 1.26 bits per heavy atom. The molecule has 0 amide bonds. The van der Waals surface area contributed by atoms with Gasteiger partial charge >= 0.3 is 0 Å². The van der Waals surface area contributed by atoms with Crippen LogP contribution in [0.2, 0.25) is 0 Å². The molecule has 108 valence electrons. The predicted octanol–water partition coefficient (Wildman–Crippen LogP) is 1.73. The second-order valence-corrected chi connectivity index (χ2v) is 6.85. The molecule has 1 fully saturated rings. The van der Waals surface area contributed by atoms with Crippen LogP contribution in [0, 0.1) is 0 Å². The summed E-state index contributed by atoms with van der Waals surface area (Å²) in [6.45, 7) is 11.1. The number of nitrogens with one attached hydrogen (secondary N) is 1. The van der Waals surface area contributed by atoms with Gasteiger partial charge in [0.15, 0.2) is 0 Å². The van der Waals surface area contributed by atoms with Gasteiger partial charge in [0, 0.05) is 37.6 Å². The van der Waals surface area contributed by atoms with Crippen LogP contribution in [0.4, 0.5) is 0 Å². The summed E-state index contributed by atoms with van der Waals surface area (Å²) in [4.78, 5) is 11.2. The van der Waals surface area contributed by atoms with Crippen molar-refractivity contribution in [3.8, 4) is 0 Å². The summed E-state index contributed by atoms with van der Waals surface area (Å²) < 4.78 is 0. The van der Waals surface area contributed by atoms with Crippen LogP contribution in [-0.2, 0) is 13.1 Å². The maximum absolute atomic E-state index is 4.86.